The Balaban J connectivity index is 1.53. The molecule has 1 unspecified atom stereocenters. The molecular weight excluding hydrogens is 310 g/mol. The third-order valence-electron chi connectivity index (χ3n) is 4.76. The van der Waals surface area contributed by atoms with Gasteiger partial charge in [0.05, 0.1) is 6.54 Å². The molecule has 1 fully saturated rings. The lowest BCUT2D eigenvalue weighted by Gasteiger charge is -2.13. The number of nitrogens with zero attached hydrogens (tertiary/aromatic N) is 1. The van der Waals surface area contributed by atoms with E-state index in [-0.39, 0.29) is 12.2 Å². The molecule has 0 aliphatic carbocycles. The number of unbranched alkanes of at least 4 members (excludes halogenated alkanes) is 3. The maximum absolute atomic E-state index is 12.1. The van der Waals surface area contributed by atoms with Gasteiger partial charge in [-0.05, 0) is 29.5 Å². The van der Waals surface area contributed by atoms with Crippen molar-refractivity contribution < 1.29 is 9.53 Å². The Bertz CT molecular complexity index is 666. The van der Waals surface area contributed by atoms with Gasteiger partial charge in [0.1, 0.15) is 6.10 Å². The van der Waals surface area contributed by atoms with Crippen molar-refractivity contribution in [1.29, 1.82) is 0 Å². The van der Waals surface area contributed by atoms with E-state index in [1.165, 1.54) is 30.4 Å². The molecule has 25 heavy (non-hydrogen) atoms. The smallest absolute Gasteiger partial charge is 0.410 e. The van der Waals surface area contributed by atoms with E-state index < -0.39 is 0 Å². The van der Waals surface area contributed by atoms with Gasteiger partial charge in [-0.25, -0.2) is 4.79 Å². The summed E-state index contributed by atoms with van der Waals surface area (Å²) in [7, 11) is 0. The van der Waals surface area contributed by atoms with Crippen molar-refractivity contribution >= 4 is 6.09 Å². The maximum atomic E-state index is 12.1. The minimum absolute atomic E-state index is 0.0629. The van der Waals surface area contributed by atoms with Crippen LogP contribution in [0.15, 0.2) is 54.6 Å². The topological polar surface area (TPSA) is 29.5 Å². The molecule has 1 atom stereocenters. The molecule has 1 aliphatic rings. The number of hydrogen-bond acceptors (Lipinski definition) is 2. The molecule has 1 aliphatic heterocycles. The van der Waals surface area contributed by atoms with Gasteiger partial charge >= 0.3 is 6.09 Å². The molecule has 3 nitrogen and oxygen atoms in total. The first-order valence-corrected chi connectivity index (χ1v) is 9.36. The van der Waals surface area contributed by atoms with Crippen molar-refractivity contribution in [3.05, 3.63) is 60.2 Å². The number of cyclic esters (lactones) is 1. The van der Waals surface area contributed by atoms with Crippen molar-refractivity contribution in [2.75, 3.05) is 6.54 Å². The first kappa shape index (κ1) is 17.5. The number of amides is 1. The normalized spacial score (nSPS) is 16.9. The van der Waals surface area contributed by atoms with Gasteiger partial charge in [-0.15, -0.1) is 0 Å². The second-order valence-corrected chi connectivity index (χ2v) is 6.80. The zero-order valence-corrected chi connectivity index (χ0v) is 15.0. The molecule has 2 aromatic rings. The lowest BCUT2D eigenvalue weighted by atomic mass is 10.0. The highest BCUT2D eigenvalue weighted by Gasteiger charge is 2.30. The third-order valence-corrected chi connectivity index (χ3v) is 4.76. The van der Waals surface area contributed by atoms with E-state index in [1.54, 1.807) is 0 Å². The zero-order valence-electron chi connectivity index (χ0n) is 15.0. The summed E-state index contributed by atoms with van der Waals surface area (Å²) in [5.41, 5.74) is 3.55. The van der Waals surface area contributed by atoms with Crippen LogP contribution >= 0.6 is 0 Å². The predicted molar refractivity (Wildman–Crippen MR) is 101 cm³/mol. The number of hydrogen-bond donors (Lipinski definition) is 0. The van der Waals surface area contributed by atoms with E-state index in [0.717, 1.165) is 18.4 Å². The molecule has 0 aromatic heterocycles. The monoisotopic (exact) mass is 337 g/mol. The van der Waals surface area contributed by atoms with Crippen LogP contribution in [0.5, 0.6) is 0 Å². The van der Waals surface area contributed by atoms with Gasteiger partial charge in [-0.2, -0.15) is 0 Å². The maximum Gasteiger partial charge on any atom is 0.410 e. The molecule has 0 bridgehead atoms. The van der Waals surface area contributed by atoms with E-state index in [0.29, 0.717) is 13.1 Å². The van der Waals surface area contributed by atoms with Gasteiger partial charge in [-0.1, -0.05) is 80.8 Å². The lowest BCUT2D eigenvalue weighted by Crippen LogP contribution is -2.24. The molecule has 3 rings (SSSR count). The van der Waals surface area contributed by atoms with E-state index >= 15 is 0 Å². The van der Waals surface area contributed by atoms with Crippen molar-refractivity contribution in [2.24, 2.45) is 0 Å². The van der Waals surface area contributed by atoms with Crippen LogP contribution in [0.4, 0.5) is 4.79 Å². The predicted octanol–water partition coefficient (Wildman–Crippen LogP) is 5.64. The highest BCUT2D eigenvalue weighted by atomic mass is 16.6. The highest BCUT2D eigenvalue weighted by Crippen LogP contribution is 2.22. The van der Waals surface area contributed by atoms with Crippen LogP contribution in [0, 0.1) is 0 Å². The van der Waals surface area contributed by atoms with Gasteiger partial charge in [0.25, 0.3) is 0 Å². The van der Waals surface area contributed by atoms with Crippen molar-refractivity contribution in [3.8, 4) is 11.1 Å². The molecule has 1 heterocycles. The van der Waals surface area contributed by atoms with E-state index in [2.05, 4.69) is 43.3 Å². The molecule has 2 aromatic carbocycles. The van der Waals surface area contributed by atoms with Crippen LogP contribution in [-0.2, 0) is 11.3 Å². The average Bonchev–Trinajstić information content (AvgIpc) is 3.00. The fourth-order valence-electron chi connectivity index (χ4n) is 3.31. The summed E-state index contributed by atoms with van der Waals surface area (Å²) < 4.78 is 5.51. The fourth-order valence-corrected chi connectivity index (χ4v) is 3.31. The van der Waals surface area contributed by atoms with Crippen molar-refractivity contribution in [2.45, 2.75) is 51.7 Å². The van der Waals surface area contributed by atoms with Crippen LogP contribution in [0.1, 0.15) is 44.6 Å². The zero-order chi connectivity index (χ0) is 17.5. The number of carbonyl (C=O) groups is 1. The summed E-state index contributed by atoms with van der Waals surface area (Å²) >= 11 is 0. The second-order valence-electron chi connectivity index (χ2n) is 6.80. The summed E-state index contributed by atoms with van der Waals surface area (Å²) in [5.74, 6) is 0. The number of ether oxygens (including phenoxy) is 1. The molecule has 1 saturated heterocycles. The Morgan fingerprint density at radius 2 is 1.68 bits per heavy atom. The van der Waals surface area contributed by atoms with Crippen LogP contribution in [0.2, 0.25) is 0 Å². The van der Waals surface area contributed by atoms with E-state index in [4.69, 9.17) is 4.74 Å². The third kappa shape index (κ3) is 4.85. The molecular formula is C22H27NO2. The van der Waals surface area contributed by atoms with Crippen LogP contribution in [0.25, 0.3) is 11.1 Å². The van der Waals surface area contributed by atoms with Gasteiger partial charge in [0.2, 0.25) is 0 Å². The van der Waals surface area contributed by atoms with Crippen molar-refractivity contribution in [3.63, 3.8) is 0 Å². The Kier molecular flexibility index (Phi) is 6.10. The molecule has 1 amide bonds. The van der Waals surface area contributed by atoms with E-state index in [9.17, 15) is 4.79 Å². The quantitative estimate of drug-likeness (QED) is 0.583. The minimum atomic E-state index is -0.173. The summed E-state index contributed by atoms with van der Waals surface area (Å²) in [6.45, 7) is 3.55. The summed E-state index contributed by atoms with van der Waals surface area (Å²) in [6, 6.07) is 18.8. The SMILES string of the molecule is CCCCCCC1CN(Cc2ccc(-c3ccccc3)cc2)C(=O)O1. The largest absolute Gasteiger partial charge is 0.444 e. The molecule has 0 N–H and O–H groups in total. The average molecular weight is 337 g/mol. The Morgan fingerprint density at radius 3 is 2.40 bits per heavy atom. The first-order chi connectivity index (χ1) is 12.3. The summed E-state index contributed by atoms with van der Waals surface area (Å²) in [4.78, 5) is 13.9. The fraction of sp³-hybridized carbons (Fsp3) is 0.409. The first-order valence-electron chi connectivity index (χ1n) is 9.36. The van der Waals surface area contributed by atoms with Gasteiger partial charge in [0.15, 0.2) is 0 Å². The molecule has 0 saturated carbocycles. The lowest BCUT2D eigenvalue weighted by molar-refractivity contribution is 0.127. The molecule has 0 radical (unpaired) electrons. The summed E-state index contributed by atoms with van der Waals surface area (Å²) in [5, 5.41) is 0. The van der Waals surface area contributed by atoms with Crippen molar-refractivity contribution in [1.82, 2.24) is 4.90 Å². The highest BCUT2D eigenvalue weighted by molar-refractivity contribution is 5.70. The summed E-state index contributed by atoms with van der Waals surface area (Å²) in [6.07, 6.45) is 5.74. The van der Waals surface area contributed by atoms with Gasteiger partial charge < -0.3 is 9.64 Å². The van der Waals surface area contributed by atoms with Crippen LogP contribution in [0.3, 0.4) is 0 Å². The molecule has 132 valence electrons. The Hall–Kier alpha value is -2.29. The number of carbonyl (C=O) groups excluding carboxylic acids is 1. The second kappa shape index (κ2) is 8.70. The van der Waals surface area contributed by atoms with Crippen LogP contribution < -0.4 is 0 Å². The molecule has 3 heteroatoms. The Morgan fingerprint density at radius 1 is 0.960 bits per heavy atom. The van der Waals surface area contributed by atoms with E-state index in [1.807, 2.05) is 23.1 Å². The standard InChI is InChI=1S/C22H27NO2/c1-2-3-4-8-11-21-17-23(22(24)25-21)16-18-12-14-20(15-13-18)19-9-6-5-7-10-19/h5-7,9-10,12-15,21H,2-4,8,11,16-17H2,1H3. The minimum Gasteiger partial charge on any atom is -0.444 e. The Labute approximate surface area is 150 Å². The van der Waals surface area contributed by atoms with Gasteiger partial charge in [0, 0.05) is 6.54 Å². The van der Waals surface area contributed by atoms with Crippen LogP contribution in [-0.4, -0.2) is 23.6 Å². The number of benzene rings is 2. The molecule has 0 spiro atoms. The van der Waals surface area contributed by atoms with Gasteiger partial charge in [-0.3, -0.25) is 0 Å². The number of rotatable bonds is 8.